The van der Waals surface area contributed by atoms with Crippen LogP contribution in [0.25, 0.3) is 0 Å². The van der Waals surface area contributed by atoms with Crippen LogP contribution in [0, 0.1) is 0 Å². The van der Waals surface area contributed by atoms with Crippen LogP contribution < -0.4 is 20.5 Å². The lowest BCUT2D eigenvalue weighted by Gasteiger charge is -2.42. The van der Waals surface area contributed by atoms with Crippen LogP contribution in [0.4, 0.5) is 18.9 Å². The molecule has 18 heteroatoms. The van der Waals surface area contributed by atoms with E-state index in [9.17, 15) is 45.3 Å². The molecule has 1 aliphatic rings. The van der Waals surface area contributed by atoms with Crippen molar-refractivity contribution in [3.8, 4) is 0 Å². The van der Waals surface area contributed by atoms with Gasteiger partial charge in [-0.1, -0.05) is 0 Å². The Morgan fingerprint density at radius 1 is 0.974 bits per heavy atom. The summed E-state index contributed by atoms with van der Waals surface area (Å²) in [5, 5.41) is 40.4. The van der Waals surface area contributed by atoms with Gasteiger partial charge in [-0.05, 0) is 60.7 Å². The molecule has 1 saturated heterocycles. The third-order valence-electron chi connectivity index (χ3n) is 5.42. The second kappa shape index (κ2) is 11.4. The first-order valence-corrected chi connectivity index (χ1v) is 14.0. The second-order valence-electron chi connectivity index (χ2n) is 8.10. The van der Waals surface area contributed by atoms with E-state index in [0.717, 1.165) is 0 Å². The van der Waals surface area contributed by atoms with Crippen LogP contribution in [0.2, 0.25) is 0 Å². The van der Waals surface area contributed by atoms with Gasteiger partial charge in [0.1, 0.15) is 24.5 Å². The predicted molar refractivity (Wildman–Crippen MR) is 130 cm³/mol. The SMILES string of the molecule is NS(=O)(=O)c1ccc(NC(=S)N[C@@H]2O[C@H](CO)[C@@H](O)[C@H](O)[C@H]2NS(=O)(=O)c2ccc(C(F)(F)F)cc2)cc1. The van der Waals surface area contributed by atoms with Crippen LogP contribution in [0.15, 0.2) is 58.3 Å². The van der Waals surface area contributed by atoms with E-state index in [4.69, 9.17) is 22.1 Å². The molecule has 0 saturated carbocycles. The minimum Gasteiger partial charge on any atom is -0.394 e. The van der Waals surface area contributed by atoms with Gasteiger partial charge < -0.3 is 30.7 Å². The van der Waals surface area contributed by atoms with E-state index in [2.05, 4.69) is 15.4 Å². The Kier molecular flexibility index (Phi) is 9.01. The van der Waals surface area contributed by atoms with E-state index in [1.54, 1.807) is 0 Å². The number of nitrogens with one attached hydrogen (secondary N) is 3. The number of nitrogens with two attached hydrogens (primary N) is 1. The number of anilines is 1. The maximum absolute atomic E-state index is 12.9. The number of halogens is 3. The summed E-state index contributed by atoms with van der Waals surface area (Å²) in [4.78, 5) is -0.732. The molecule has 1 fully saturated rings. The molecular formula is C20H23F3N4O8S3. The average molecular weight is 601 g/mol. The zero-order valence-electron chi connectivity index (χ0n) is 19.0. The summed E-state index contributed by atoms with van der Waals surface area (Å²) in [5.74, 6) is 0. The lowest BCUT2D eigenvalue weighted by Crippen LogP contribution is -2.68. The minimum atomic E-state index is -4.69. The number of thiocarbonyl (C=S) groups is 1. The van der Waals surface area contributed by atoms with Crippen molar-refractivity contribution in [2.75, 3.05) is 11.9 Å². The Bertz CT molecular complexity index is 1360. The van der Waals surface area contributed by atoms with Crippen LogP contribution >= 0.6 is 12.2 Å². The molecule has 3 rings (SSSR count). The van der Waals surface area contributed by atoms with Crippen molar-refractivity contribution < 1.29 is 50.1 Å². The largest absolute Gasteiger partial charge is 0.416 e. The van der Waals surface area contributed by atoms with E-state index in [0.29, 0.717) is 24.3 Å². The van der Waals surface area contributed by atoms with Crippen molar-refractivity contribution >= 4 is 43.1 Å². The molecule has 2 aromatic rings. The number of primary sulfonamides is 1. The first-order valence-electron chi connectivity index (χ1n) is 10.6. The molecule has 210 valence electrons. The van der Waals surface area contributed by atoms with Crippen molar-refractivity contribution in [1.82, 2.24) is 10.0 Å². The van der Waals surface area contributed by atoms with E-state index in [-0.39, 0.29) is 15.7 Å². The number of ether oxygens (including phenoxy) is 1. The maximum atomic E-state index is 12.9. The van der Waals surface area contributed by atoms with Gasteiger partial charge in [0.15, 0.2) is 5.11 Å². The Morgan fingerprint density at radius 2 is 1.53 bits per heavy atom. The zero-order chi connectivity index (χ0) is 28.5. The monoisotopic (exact) mass is 600 g/mol. The summed E-state index contributed by atoms with van der Waals surface area (Å²) >= 11 is 5.17. The molecule has 2 aromatic carbocycles. The predicted octanol–water partition coefficient (Wildman–Crippen LogP) is -0.575. The van der Waals surface area contributed by atoms with Crippen LogP contribution in [-0.4, -0.2) is 74.5 Å². The number of aliphatic hydroxyl groups excluding tert-OH is 3. The Hall–Kier alpha value is -2.42. The van der Waals surface area contributed by atoms with Gasteiger partial charge in [0, 0.05) is 5.69 Å². The Balaban J connectivity index is 1.80. The number of aliphatic hydroxyl groups is 3. The quantitative estimate of drug-likeness (QED) is 0.201. The fourth-order valence-corrected chi connectivity index (χ4v) is 5.47. The van der Waals surface area contributed by atoms with Crippen molar-refractivity contribution in [3.05, 3.63) is 54.1 Å². The molecule has 0 spiro atoms. The molecule has 0 bridgehead atoms. The van der Waals surface area contributed by atoms with Crippen LogP contribution in [0.1, 0.15) is 5.56 Å². The lowest BCUT2D eigenvalue weighted by molar-refractivity contribution is -0.194. The highest BCUT2D eigenvalue weighted by atomic mass is 32.2. The van der Waals surface area contributed by atoms with Crippen LogP contribution in [0.3, 0.4) is 0 Å². The average Bonchev–Trinajstić information content (AvgIpc) is 2.83. The van der Waals surface area contributed by atoms with Gasteiger partial charge in [-0.25, -0.2) is 26.7 Å². The highest BCUT2D eigenvalue weighted by Crippen LogP contribution is 2.30. The topological polar surface area (TPSA) is 200 Å². The fraction of sp³-hybridized carbons (Fsp3) is 0.350. The summed E-state index contributed by atoms with van der Waals surface area (Å²) in [7, 11) is -8.49. The number of benzene rings is 2. The third-order valence-corrected chi connectivity index (χ3v) is 8.05. The molecule has 0 aromatic heterocycles. The number of hydrogen-bond acceptors (Lipinski definition) is 9. The molecule has 5 atom stereocenters. The molecule has 0 amide bonds. The van der Waals surface area contributed by atoms with E-state index >= 15 is 0 Å². The van der Waals surface area contributed by atoms with Crippen LogP contribution in [-0.2, 0) is 31.0 Å². The first-order chi connectivity index (χ1) is 17.5. The van der Waals surface area contributed by atoms with Crippen molar-refractivity contribution in [3.63, 3.8) is 0 Å². The fourth-order valence-electron chi connectivity index (χ4n) is 3.47. The highest BCUT2D eigenvalue weighted by molar-refractivity contribution is 7.89. The standard InChI is InChI=1S/C20H23F3N4O8S3/c21-20(22,23)10-1-5-13(6-2-10)38(33,34)27-15-17(30)16(29)14(9-28)35-18(15)26-19(36)25-11-3-7-12(8-4-11)37(24,31)32/h1-8,14-18,27-30H,9H2,(H2,24,31,32)(H2,25,26,36)/t14-,15-,16-,17-,18-/m1/s1. The van der Waals surface area contributed by atoms with Gasteiger partial charge in [0.25, 0.3) is 0 Å². The molecule has 0 unspecified atom stereocenters. The van der Waals surface area contributed by atoms with E-state index < -0.39 is 73.9 Å². The molecule has 12 nitrogen and oxygen atoms in total. The Morgan fingerprint density at radius 3 is 2.03 bits per heavy atom. The van der Waals surface area contributed by atoms with Gasteiger partial charge in [-0.15, -0.1) is 0 Å². The number of alkyl halides is 3. The molecule has 0 aliphatic carbocycles. The summed E-state index contributed by atoms with van der Waals surface area (Å²) in [5.41, 5.74) is -0.793. The normalized spacial score (nSPS) is 24.6. The van der Waals surface area contributed by atoms with Gasteiger partial charge in [-0.2, -0.15) is 13.2 Å². The molecule has 1 heterocycles. The van der Waals surface area contributed by atoms with E-state index in [1.165, 1.54) is 24.3 Å². The molecule has 8 N–H and O–H groups in total. The highest BCUT2D eigenvalue weighted by Gasteiger charge is 2.46. The number of rotatable bonds is 7. The number of hydrogen-bond donors (Lipinski definition) is 7. The van der Waals surface area contributed by atoms with Gasteiger partial charge >= 0.3 is 6.18 Å². The summed E-state index contributed by atoms with van der Waals surface area (Å²) in [6.45, 7) is -0.760. The molecule has 1 aliphatic heterocycles. The van der Waals surface area contributed by atoms with Crippen molar-refractivity contribution in [1.29, 1.82) is 0 Å². The summed E-state index contributed by atoms with van der Waals surface area (Å²) in [6.07, 6.45) is -11.1. The van der Waals surface area contributed by atoms with E-state index in [1.807, 2.05) is 0 Å². The second-order valence-corrected chi connectivity index (χ2v) is 11.8. The molecule has 38 heavy (non-hydrogen) atoms. The van der Waals surface area contributed by atoms with Crippen molar-refractivity contribution in [2.24, 2.45) is 5.14 Å². The summed E-state index contributed by atoms with van der Waals surface area (Å²) < 4.78 is 94.6. The van der Waals surface area contributed by atoms with Gasteiger partial charge in [0.05, 0.1) is 28.0 Å². The maximum Gasteiger partial charge on any atom is 0.416 e. The molecule has 0 radical (unpaired) electrons. The zero-order valence-corrected chi connectivity index (χ0v) is 21.5. The van der Waals surface area contributed by atoms with Crippen molar-refractivity contribution in [2.45, 2.75) is 46.5 Å². The van der Waals surface area contributed by atoms with Crippen LogP contribution in [0.5, 0.6) is 0 Å². The number of sulfonamides is 2. The lowest BCUT2D eigenvalue weighted by atomic mass is 9.97. The first kappa shape index (κ1) is 30.1. The third kappa shape index (κ3) is 7.16. The summed E-state index contributed by atoms with van der Waals surface area (Å²) in [6, 6.07) is 5.97. The van der Waals surface area contributed by atoms with Gasteiger partial charge in [0.2, 0.25) is 20.0 Å². The minimum absolute atomic E-state index is 0.168. The van der Waals surface area contributed by atoms with Gasteiger partial charge in [-0.3, -0.25) is 0 Å². The smallest absolute Gasteiger partial charge is 0.394 e. The Labute approximate surface area is 220 Å². The molecular weight excluding hydrogens is 577 g/mol.